The quantitative estimate of drug-likeness (QED) is 0.255. The minimum absolute atomic E-state index is 0.304. The van der Waals surface area contributed by atoms with Crippen molar-refractivity contribution in [3.63, 3.8) is 0 Å². The summed E-state index contributed by atoms with van der Waals surface area (Å²) in [5.41, 5.74) is 3.64. The normalized spacial score (nSPS) is 14.9. The van der Waals surface area contributed by atoms with Crippen molar-refractivity contribution in [2.24, 2.45) is 0 Å². The Balaban J connectivity index is 1.39. The highest BCUT2D eigenvalue weighted by Crippen LogP contribution is 2.31. The molecule has 10 heteroatoms. The van der Waals surface area contributed by atoms with Gasteiger partial charge in [0.25, 0.3) is 0 Å². The molecule has 1 aliphatic rings. The highest BCUT2D eigenvalue weighted by Gasteiger charge is 2.29. The topological polar surface area (TPSA) is 84.2 Å². The number of para-hydroxylation sites is 1. The molecular weight excluding hydrogens is 588 g/mol. The molecular formula is C30H29BrN6O2S. The van der Waals surface area contributed by atoms with Gasteiger partial charge in [0, 0.05) is 37.1 Å². The molecule has 204 valence electrons. The van der Waals surface area contributed by atoms with Gasteiger partial charge in [-0.25, -0.2) is 23.1 Å². The van der Waals surface area contributed by atoms with Gasteiger partial charge in [-0.2, -0.15) is 9.40 Å². The van der Waals surface area contributed by atoms with E-state index in [-0.39, 0.29) is 0 Å². The molecule has 3 heterocycles. The van der Waals surface area contributed by atoms with Gasteiger partial charge in [-0.3, -0.25) is 0 Å². The van der Waals surface area contributed by atoms with Crippen molar-refractivity contribution in [2.75, 3.05) is 31.1 Å². The van der Waals surface area contributed by atoms with Crippen LogP contribution in [0.25, 0.3) is 16.7 Å². The third-order valence-electron chi connectivity index (χ3n) is 7.14. The van der Waals surface area contributed by atoms with E-state index in [1.54, 1.807) is 28.6 Å². The van der Waals surface area contributed by atoms with Crippen LogP contribution < -0.4 is 4.90 Å². The molecule has 0 saturated carbocycles. The van der Waals surface area contributed by atoms with E-state index in [2.05, 4.69) is 33.0 Å². The summed E-state index contributed by atoms with van der Waals surface area (Å²) in [6.07, 6.45) is 1.27. The van der Waals surface area contributed by atoms with Crippen molar-refractivity contribution in [2.45, 2.75) is 24.7 Å². The summed E-state index contributed by atoms with van der Waals surface area (Å²) < 4.78 is 31.2. The van der Waals surface area contributed by atoms with E-state index in [9.17, 15) is 8.42 Å². The van der Waals surface area contributed by atoms with Crippen LogP contribution in [0.4, 0.5) is 5.82 Å². The van der Waals surface area contributed by atoms with Gasteiger partial charge in [0.15, 0.2) is 5.65 Å². The summed E-state index contributed by atoms with van der Waals surface area (Å²) in [6.45, 7) is 3.99. The lowest BCUT2D eigenvalue weighted by molar-refractivity contribution is 0.433. The smallest absolute Gasteiger partial charge is 0.243 e. The SMILES string of the molecule is Cc1nn(-c2ccccc2)c2nc(Cc3ccccc3)nc(N3CCCN(S(=O)(=O)c4ccc(Br)cc4)CC3)c12. The monoisotopic (exact) mass is 616 g/mol. The maximum Gasteiger partial charge on any atom is 0.243 e. The van der Waals surface area contributed by atoms with Gasteiger partial charge < -0.3 is 4.90 Å². The lowest BCUT2D eigenvalue weighted by atomic mass is 10.1. The van der Waals surface area contributed by atoms with E-state index in [0.717, 1.165) is 38.3 Å². The predicted molar refractivity (Wildman–Crippen MR) is 160 cm³/mol. The molecule has 0 atom stereocenters. The Bertz CT molecular complexity index is 1740. The first kappa shape index (κ1) is 26.6. The Hall–Kier alpha value is -3.60. The average molecular weight is 618 g/mol. The lowest BCUT2D eigenvalue weighted by Crippen LogP contribution is -2.35. The summed E-state index contributed by atoms with van der Waals surface area (Å²) in [5.74, 6) is 1.51. The molecule has 1 aliphatic heterocycles. The highest BCUT2D eigenvalue weighted by atomic mass is 79.9. The predicted octanol–water partition coefficient (Wildman–Crippen LogP) is 5.38. The van der Waals surface area contributed by atoms with Gasteiger partial charge in [-0.05, 0) is 55.3 Å². The average Bonchev–Trinajstić information content (AvgIpc) is 3.12. The number of hydrogen-bond donors (Lipinski definition) is 0. The second-order valence-electron chi connectivity index (χ2n) is 9.86. The molecule has 0 N–H and O–H groups in total. The summed E-state index contributed by atoms with van der Waals surface area (Å²) in [6, 6.07) is 27.0. The van der Waals surface area contributed by atoms with Gasteiger partial charge >= 0.3 is 0 Å². The van der Waals surface area contributed by atoms with Gasteiger partial charge in [0.05, 0.1) is 21.7 Å². The first-order chi connectivity index (χ1) is 19.4. The number of halogens is 1. The molecule has 0 radical (unpaired) electrons. The Labute approximate surface area is 242 Å². The van der Waals surface area contributed by atoms with Crippen LogP contribution in [-0.4, -0.2) is 58.7 Å². The van der Waals surface area contributed by atoms with E-state index in [0.29, 0.717) is 49.7 Å². The van der Waals surface area contributed by atoms with Gasteiger partial charge in [0.2, 0.25) is 10.0 Å². The van der Waals surface area contributed by atoms with Crippen LogP contribution in [0, 0.1) is 6.92 Å². The fourth-order valence-corrected chi connectivity index (χ4v) is 6.88. The Morgan fingerprint density at radius 3 is 2.25 bits per heavy atom. The number of benzene rings is 3. The number of rotatable bonds is 6. The van der Waals surface area contributed by atoms with Crippen LogP contribution >= 0.6 is 15.9 Å². The number of aryl methyl sites for hydroxylation is 1. The van der Waals surface area contributed by atoms with Gasteiger partial charge in [-0.1, -0.05) is 64.5 Å². The molecule has 0 unspecified atom stereocenters. The molecule has 8 nitrogen and oxygen atoms in total. The first-order valence-corrected chi connectivity index (χ1v) is 15.5. The molecule has 1 saturated heterocycles. The number of aromatic nitrogens is 4. The van der Waals surface area contributed by atoms with Crippen LogP contribution in [0.1, 0.15) is 23.5 Å². The van der Waals surface area contributed by atoms with E-state index in [1.165, 1.54) is 0 Å². The minimum Gasteiger partial charge on any atom is -0.355 e. The minimum atomic E-state index is -3.60. The first-order valence-electron chi connectivity index (χ1n) is 13.3. The van der Waals surface area contributed by atoms with E-state index in [4.69, 9.17) is 15.1 Å². The van der Waals surface area contributed by atoms with Crippen molar-refractivity contribution in [1.82, 2.24) is 24.1 Å². The van der Waals surface area contributed by atoms with Crippen molar-refractivity contribution < 1.29 is 8.42 Å². The van der Waals surface area contributed by atoms with Gasteiger partial charge in [0.1, 0.15) is 11.6 Å². The van der Waals surface area contributed by atoms with Crippen LogP contribution in [-0.2, 0) is 16.4 Å². The Morgan fingerprint density at radius 2 is 1.52 bits per heavy atom. The lowest BCUT2D eigenvalue weighted by Gasteiger charge is -2.24. The molecule has 0 bridgehead atoms. The third kappa shape index (κ3) is 5.26. The largest absolute Gasteiger partial charge is 0.355 e. The number of anilines is 1. The van der Waals surface area contributed by atoms with Crippen LogP contribution in [0.15, 0.2) is 94.3 Å². The molecule has 1 fully saturated rings. The fourth-order valence-electron chi connectivity index (χ4n) is 5.14. The second kappa shape index (κ2) is 11.1. The number of nitrogens with zero attached hydrogens (tertiary/aromatic N) is 6. The molecule has 3 aromatic carbocycles. The highest BCUT2D eigenvalue weighted by molar-refractivity contribution is 9.10. The Kier molecular flexibility index (Phi) is 7.39. The van der Waals surface area contributed by atoms with Crippen molar-refractivity contribution >= 4 is 42.8 Å². The summed E-state index contributed by atoms with van der Waals surface area (Å²) in [5, 5.41) is 5.76. The van der Waals surface area contributed by atoms with Gasteiger partial charge in [-0.15, -0.1) is 0 Å². The standard InChI is InChI=1S/C30H29BrN6O2S/c1-22-28-29(35-17-8-18-36(20-19-35)40(38,39)26-15-13-24(31)14-16-26)32-27(21-23-9-4-2-5-10-23)33-30(28)37(34-22)25-11-6-3-7-12-25/h2-7,9-16H,8,17-21H2,1H3. The van der Waals surface area contributed by atoms with E-state index in [1.807, 2.05) is 60.1 Å². The number of fused-ring (bicyclic) bond motifs is 1. The van der Waals surface area contributed by atoms with Crippen molar-refractivity contribution in [3.05, 3.63) is 106 Å². The fraction of sp³-hybridized carbons (Fsp3) is 0.233. The number of hydrogen-bond acceptors (Lipinski definition) is 6. The van der Waals surface area contributed by atoms with Crippen molar-refractivity contribution in [3.8, 4) is 5.69 Å². The molecule has 6 rings (SSSR count). The molecule has 5 aromatic rings. The van der Waals surface area contributed by atoms with E-state index >= 15 is 0 Å². The Morgan fingerprint density at radius 1 is 0.825 bits per heavy atom. The zero-order chi connectivity index (χ0) is 27.7. The molecule has 0 aliphatic carbocycles. The summed E-state index contributed by atoms with van der Waals surface area (Å²) >= 11 is 3.39. The molecule has 0 spiro atoms. The summed E-state index contributed by atoms with van der Waals surface area (Å²) in [7, 11) is -3.60. The molecule has 2 aromatic heterocycles. The van der Waals surface area contributed by atoms with Crippen molar-refractivity contribution in [1.29, 1.82) is 0 Å². The number of sulfonamides is 1. The molecule has 40 heavy (non-hydrogen) atoms. The van der Waals surface area contributed by atoms with E-state index < -0.39 is 10.0 Å². The van der Waals surface area contributed by atoms with Crippen LogP contribution in [0.2, 0.25) is 0 Å². The zero-order valence-electron chi connectivity index (χ0n) is 22.1. The van der Waals surface area contributed by atoms with Crippen LogP contribution in [0.3, 0.4) is 0 Å². The maximum absolute atomic E-state index is 13.4. The second-order valence-corrected chi connectivity index (χ2v) is 12.7. The summed E-state index contributed by atoms with van der Waals surface area (Å²) in [4.78, 5) is 12.6. The zero-order valence-corrected chi connectivity index (χ0v) is 24.5. The third-order valence-corrected chi connectivity index (χ3v) is 9.58. The molecule has 0 amide bonds. The van der Waals surface area contributed by atoms with Crippen LogP contribution in [0.5, 0.6) is 0 Å². The maximum atomic E-state index is 13.4.